The van der Waals surface area contributed by atoms with E-state index in [1.165, 1.54) is 44.6 Å². The van der Waals surface area contributed by atoms with Gasteiger partial charge in [-0.25, -0.2) is 0 Å². The van der Waals surface area contributed by atoms with Crippen molar-refractivity contribution in [1.82, 2.24) is 0 Å². The molecule has 15 heavy (non-hydrogen) atoms. The fraction of sp³-hybridized carbons (Fsp3) is 0.500. The number of hydrogen-bond acceptors (Lipinski definition) is 1. The van der Waals surface area contributed by atoms with Gasteiger partial charge in [-0.2, -0.15) is 5.26 Å². The molecule has 1 aromatic carbocycles. The summed E-state index contributed by atoms with van der Waals surface area (Å²) in [4.78, 5) is 0. The third-order valence-electron chi connectivity index (χ3n) is 2.16. The average molecular weight is 203 g/mol. The quantitative estimate of drug-likeness (QED) is 0.653. The largest absolute Gasteiger partial charge is 0.199 e. The Morgan fingerprint density at radius 2 is 1.67 bits per heavy atom. The summed E-state index contributed by atoms with van der Waals surface area (Å²) in [7, 11) is 0. The Morgan fingerprint density at radius 1 is 1.07 bits per heavy atom. The first-order valence-electron chi connectivity index (χ1n) is 5.69. The summed E-state index contributed by atoms with van der Waals surface area (Å²) in [6.45, 7) is 3.68. The van der Waals surface area contributed by atoms with Crippen LogP contribution in [0, 0.1) is 11.3 Å². The second kappa shape index (κ2) is 10.8. The molecule has 0 aliphatic heterocycles. The lowest BCUT2D eigenvalue weighted by Crippen LogP contribution is -1.84. The van der Waals surface area contributed by atoms with Gasteiger partial charge in [0.25, 0.3) is 0 Å². The molecule has 1 heteroatoms. The van der Waals surface area contributed by atoms with Crippen LogP contribution in [0.3, 0.4) is 0 Å². The molecular formula is C14H21N. The van der Waals surface area contributed by atoms with Gasteiger partial charge >= 0.3 is 0 Å². The molecule has 82 valence electrons. The zero-order valence-electron chi connectivity index (χ0n) is 9.87. The lowest BCUT2D eigenvalue weighted by atomic mass is 10.1. The molecule has 1 rings (SSSR count). The van der Waals surface area contributed by atoms with Crippen LogP contribution in [0.1, 0.15) is 45.1 Å². The van der Waals surface area contributed by atoms with Crippen molar-refractivity contribution < 1.29 is 0 Å². The summed E-state index contributed by atoms with van der Waals surface area (Å²) in [6, 6.07) is 12.5. The summed E-state index contributed by atoms with van der Waals surface area (Å²) in [5.74, 6) is 0. The monoisotopic (exact) mass is 203 g/mol. The number of hydrogen-bond donors (Lipinski definition) is 0. The molecule has 0 atom stereocenters. The van der Waals surface area contributed by atoms with Crippen molar-refractivity contribution in [2.75, 3.05) is 0 Å². The molecule has 0 saturated carbocycles. The van der Waals surface area contributed by atoms with Gasteiger partial charge in [0.1, 0.15) is 0 Å². The van der Waals surface area contributed by atoms with Gasteiger partial charge in [0.15, 0.2) is 0 Å². The van der Waals surface area contributed by atoms with Crippen LogP contribution in [0.4, 0.5) is 0 Å². The van der Waals surface area contributed by atoms with Crippen molar-refractivity contribution in [3.63, 3.8) is 0 Å². The summed E-state index contributed by atoms with van der Waals surface area (Å²) >= 11 is 0. The van der Waals surface area contributed by atoms with Crippen LogP contribution in [0.5, 0.6) is 0 Å². The summed E-state index contributed by atoms with van der Waals surface area (Å²) in [5.41, 5.74) is 1.48. The molecular weight excluding hydrogens is 182 g/mol. The van der Waals surface area contributed by atoms with Crippen LogP contribution < -0.4 is 0 Å². The molecule has 0 aromatic heterocycles. The Kier molecular flexibility index (Phi) is 9.86. The van der Waals surface area contributed by atoms with Crippen LogP contribution in [-0.2, 0) is 6.42 Å². The van der Waals surface area contributed by atoms with E-state index >= 15 is 0 Å². The highest BCUT2D eigenvalue weighted by atomic mass is 14.2. The third kappa shape index (κ3) is 9.02. The van der Waals surface area contributed by atoms with Gasteiger partial charge in [-0.3, -0.25) is 0 Å². The number of rotatable bonds is 5. The number of nitriles is 1. The van der Waals surface area contributed by atoms with Crippen LogP contribution in [-0.4, -0.2) is 0 Å². The second-order valence-electron chi connectivity index (χ2n) is 3.52. The van der Waals surface area contributed by atoms with Crippen LogP contribution >= 0.6 is 0 Å². The number of nitrogens with zero attached hydrogens (tertiary/aromatic N) is 1. The first-order valence-corrected chi connectivity index (χ1v) is 5.69. The van der Waals surface area contributed by atoms with E-state index in [-0.39, 0.29) is 0 Å². The molecule has 0 heterocycles. The Balaban J connectivity index is 0.000000583. The number of unbranched alkanes of at least 4 members (excludes halogenated alkanes) is 3. The minimum absolute atomic E-state index is 1.25. The second-order valence-corrected chi connectivity index (χ2v) is 3.52. The van der Waals surface area contributed by atoms with Crippen molar-refractivity contribution in [3.8, 4) is 6.07 Å². The van der Waals surface area contributed by atoms with Gasteiger partial charge in [-0.05, 0) is 18.4 Å². The van der Waals surface area contributed by atoms with E-state index in [2.05, 4.69) is 37.3 Å². The predicted octanol–water partition coefficient (Wildman–Crippen LogP) is 4.34. The molecule has 0 unspecified atom stereocenters. The van der Waals surface area contributed by atoms with E-state index in [4.69, 9.17) is 5.26 Å². The molecule has 1 nitrogen and oxygen atoms in total. The van der Waals surface area contributed by atoms with E-state index in [9.17, 15) is 0 Å². The lowest BCUT2D eigenvalue weighted by molar-refractivity contribution is 0.667. The molecule has 0 fully saturated rings. The number of benzene rings is 1. The van der Waals surface area contributed by atoms with Gasteiger partial charge in [0.2, 0.25) is 0 Å². The topological polar surface area (TPSA) is 23.8 Å². The van der Waals surface area contributed by atoms with Crippen molar-refractivity contribution in [2.24, 2.45) is 0 Å². The van der Waals surface area contributed by atoms with Crippen molar-refractivity contribution in [2.45, 2.75) is 46.0 Å². The Bertz CT molecular complexity index is 258. The van der Waals surface area contributed by atoms with Gasteiger partial charge in [0, 0.05) is 6.92 Å². The third-order valence-corrected chi connectivity index (χ3v) is 2.16. The molecule has 0 aliphatic rings. The minimum atomic E-state index is 1.25. The predicted molar refractivity (Wildman–Crippen MR) is 65.6 cm³/mol. The van der Waals surface area contributed by atoms with E-state index in [0.29, 0.717) is 0 Å². The van der Waals surface area contributed by atoms with Gasteiger partial charge < -0.3 is 0 Å². The fourth-order valence-electron chi connectivity index (χ4n) is 1.40. The van der Waals surface area contributed by atoms with E-state index in [0.717, 1.165) is 0 Å². The molecule has 0 radical (unpaired) electrons. The fourth-order valence-corrected chi connectivity index (χ4v) is 1.40. The van der Waals surface area contributed by atoms with Gasteiger partial charge in [-0.15, -0.1) is 0 Å². The SMILES string of the molecule is CC#N.CCCCCCc1ccccc1. The first-order chi connectivity index (χ1) is 7.35. The Labute approximate surface area is 93.7 Å². The van der Waals surface area contributed by atoms with Gasteiger partial charge in [-0.1, -0.05) is 56.5 Å². The molecule has 0 N–H and O–H groups in total. The van der Waals surface area contributed by atoms with E-state index in [1.807, 2.05) is 0 Å². The highest BCUT2D eigenvalue weighted by Gasteiger charge is 1.90. The van der Waals surface area contributed by atoms with Crippen LogP contribution in [0.15, 0.2) is 30.3 Å². The standard InChI is InChI=1S/C12H18.C2H3N/c1-2-3-4-6-9-12-10-7-5-8-11-12;1-2-3/h5,7-8,10-11H,2-4,6,9H2,1H3;1H3. The number of aryl methyl sites for hydroxylation is 1. The van der Waals surface area contributed by atoms with Crippen molar-refractivity contribution >= 4 is 0 Å². The molecule has 0 spiro atoms. The highest BCUT2D eigenvalue weighted by Crippen LogP contribution is 2.06. The summed E-state index contributed by atoms with van der Waals surface area (Å²) in [6.07, 6.45) is 6.69. The maximum absolute atomic E-state index is 7.32. The first kappa shape index (κ1) is 13.7. The smallest absolute Gasteiger partial charge is 0.0587 e. The zero-order chi connectivity index (χ0) is 11.4. The molecule has 1 aromatic rings. The van der Waals surface area contributed by atoms with Crippen LogP contribution in [0.2, 0.25) is 0 Å². The Hall–Kier alpha value is -1.29. The van der Waals surface area contributed by atoms with Crippen molar-refractivity contribution in [3.05, 3.63) is 35.9 Å². The molecule has 0 aliphatic carbocycles. The van der Waals surface area contributed by atoms with Crippen molar-refractivity contribution in [1.29, 1.82) is 5.26 Å². The lowest BCUT2D eigenvalue weighted by Gasteiger charge is -1.99. The molecule has 0 bridgehead atoms. The zero-order valence-corrected chi connectivity index (χ0v) is 9.87. The molecule has 0 amide bonds. The summed E-state index contributed by atoms with van der Waals surface area (Å²) < 4.78 is 0. The summed E-state index contributed by atoms with van der Waals surface area (Å²) in [5, 5.41) is 7.32. The maximum Gasteiger partial charge on any atom is 0.0587 e. The highest BCUT2D eigenvalue weighted by molar-refractivity contribution is 5.14. The average Bonchev–Trinajstić information content (AvgIpc) is 2.27. The maximum atomic E-state index is 7.32. The molecule has 0 saturated heterocycles. The van der Waals surface area contributed by atoms with Crippen LogP contribution in [0.25, 0.3) is 0 Å². The normalized spacial score (nSPS) is 8.60. The minimum Gasteiger partial charge on any atom is -0.199 e. The Morgan fingerprint density at radius 3 is 2.20 bits per heavy atom. The van der Waals surface area contributed by atoms with Gasteiger partial charge in [0.05, 0.1) is 6.07 Å². The van der Waals surface area contributed by atoms with E-state index < -0.39 is 0 Å². The van der Waals surface area contributed by atoms with E-state index in [1.54, 1.807) is 6.07 Å².